The Labute approximate surface area is 136 Å². The summed E-state index contributed by atoms with van der Waals surface area (Å²) in [5.41, 5.74) is 0. The molecule has 0 aliphatic carbocycles. The van der Waals surface area contributed by atoms with Gasteiger partial charge in [0.2, 0.25) is 5.91 Å². The molecule has 0 radical (unpaired) electrons. The average molecular weight is 309 g/mol. The van der Waals surface area contributed by atoms with Crippen LogP contribution in [0.1, 0.15) is 53.4 Å². The van der Waals surface area contributed by atoms with Gasteiger partial charge in [0.25, 0.3) is 0 Å². The zero-order chi connectivity index (χ0) is 16.1. The van der Waals surface area contributed by atoms with Crippen LogP contribution in [-0.4, -0.2) is 60.5 Å². The van der Waals surface area contributed by atoms with E-state index in [1.54, 1.807) is 0 Å². The maximum Gasteiger partial charge on any atom is 0.223 e. The number of nitrogens with zero attached hydrogens (tertiary/aromatic N) is 2. The fourth-order valence-electron chi connectivity index (χ4n) is 3.74. The third-order valence-corrected chi connectivity index (χ3v) is 5.58. The molecule has 2 aliphatic rings. The Morgan fingerprint density at radius 2 is 1.36 bits per heavy atom. The summed E-state index contributed by atoms with van der Waals surface area (Å²) in [6.45, 7) is 14.4. The Hall–Kier alpha value is -0.610. The normalized spacial score (nSPS) is 23.4. The first kappa shape index (κ1) is 17.7. The summed E-state index contributed by atoms with van der Waals surface area (Å²) >= 11 is 0. The van der Waals surface area contributed by atoms with Gasteiger partial charge in [0.05, 0.1) is 0 Å². The molecule has 2 rings (SSSR count). The third kappa shape index (κ3) is 4.95. The average Bonchev–Trinajstić information content (AvgIpc) is 2.53. The molecule has 0 unspecified atom stereocenters. The van der Waals surface area contributed by atoms with Crippen LogP contribution in [0.5, 0.6) is 0 Å². The van der Waals surface area contributed by atoms with Crippen molar-refractivity contribution in [2.75, 3.05) is 32.7 Å². The Bertz CT molecular complexity index is 340. The van der Waals surface area contributed by atoms with E-state index in [0.29, 0.717) is 23.9 Å². The molecular weight excluding hydrogens is 274 g/mol. The van der Waals surface area contributed by atoms with Crippen molar-refractivity contribution in [3.8, 4) is 0 Å². The van der Waals surface area contributed by atoms with Crippen molar-refractivity contribution in [1.82, 2.24) is 15.1 Å². The Kier molecular flexibility index (Phi) is 6.69. The summed E-state index contributed by atoms with van der Waals surface area (Å²) in [4.78, 5) is 17.4. The highest BCUT2D eigenvalue weighted by Crippen LogP contribution is 2.21. The van der Waals surface area contributed by atoms with Crippen LogP contribution in [0.2, 0.25) is 0 Å². The van der Waals surface area contributed by atoms with Crippen molar-refractivity contribution in [2.45, 2.75) is 65.5 Å². The van der Waals surface area contributed by atoms with Crippen LogP contribution in [0, 0.1) is 11.8 Å². The fourth-order valence-corrected chi connectivity index (χ4v) is 3.74. The summed E-state index contributed by atoms with van der Waals surface area (Å²) in [5, 5.41) is 3.23. The first-order chi connectivity index (χ1) is 10.5. The number of piperidine rings is 2. The summed E-state index contributed by atoms with van der Waals surface area (Å²) in [6, 6.07) is 1.26. The number of hydrogen-bond acceptors (Lipinski definition) is 3. The minimum Gasteiger partial charge on any atom is -0.356 e. The second-order valence-electron chi connectivity index (χ2n) is 7.72. The van der Waals surface area contributed by atoms with Gasteiger partial charge in [-0.05, 0) is 85.5 Å². The molecule has 0 aromatic carbocycles. The molecule has 0 aromatic heterocycles. The smallest absolute Gasteiger partial charge is 0.223 e. The number of carbonyl (C=O) groups is 1. The topological polar surface area (TPSA) is 35.6 Å². The Balaban J connectivity index is 1.64. The van der Waals surface area contributed by atoms with Gasteiger partial charge < -0.3 is 15.1 Å². The van der Waals surface area contributed by atoms with E-state index < -0.39 is 0 Å². The molecule has 0 spiro atoms. The minimum absolute atomic E-state index is 0.241. The lowest BCUT2D eigenvalue weighted by atomic mass is 9.93. The lowest BCUT2D eigenvalue weighted by molar-refractivity contribution is -0.126. The van der Waals surface area contributed by atoms with Gasteiger partial charge in [-0.2, -0.15) is 0 Å². The van der Waals surface area contributed by atoms with Crippen LogP contribution in [0.25, 0.3) is 0 Å². The number of rotatable bonds is 5. The summed E-state index contributed by atoms with van der Waals surface area (Å²) in [7, 11) is 0. The molecule has 4 nitrogen and oxygen atoms in total. The van der Waals surface area contributed by atoms with Crippen LogP contribution in [-0.2, 0) is 4.79 Å². The van der Waals surface area contributed by atoms with Crippen molar-refractivity contribution in [1.29, 1.82) is 0 Å². The van der Waals surface area contributed by atoms with Crippen LogP contribution in [0.3, 0.4) is 0 Å². The highest BCUT2D eigenvalue weighted by atomic mass is 16.1. The molecule has 2 fully saturated rings. The lowest BCUT2D eigenvalue weighted by Gasteiger charge is -2.36. The van der Waals surface area contributed by atoms with Crippen molar-refractivity contribution < 1.29 is 4.79 Å². The van der Waals surface area contributed by atoms with E-state index in [1.807, 2.05) is 0 Å². The largest absolute Gasteiger partial charge is 0.356 e. The molecule has 2 aliphatic heterocycles. The van der Waals surface area contributed by atoms with E-state index >= 15 is 0 Å². The van der Waals surface area contributed by atoms with Gasteiger partial charge in [0.1, 0.15) is 0 Å². The molecule has 0 atom stereocenters. The van der Waals surface area contributed by atoms with Crippen LogP contribution in [0.15, 0.2) is 0 Å². The molecule has 1 amide bonds. The lowest BCUT2D eigenvalue weighted by Crippen LogP contribution is -2.45. The fraction of sp³-hybridized carbons (Fsp3) is 0.944. The Morgan fingerprint density at radius 3 is 1.82 bits per heavy atom. The Morgan fingerprint density at radius 1 is 0.909 bits per heavy atom. The quantitative estimate of drug-likeness (QED) is 0.847. The van der Waals surface area contributed by atoms with E-state index in [1.165, 1.54) is 25.9 Å². The molecular formula is C18H35N3O. The highest BCUT2D eigenvalue weighted by Gasteiger charge is 2.27. The molecule has 2 saturated heterocycles. The van der Waals surface area contributed by atoms with E-state index in [2.05, 4.69) is 42.8 Å². The number of hydrogen-bond donors (Lipinski definition) is 1. The van der Waals surface area contributed by atoms with Gasteiger partial charge in [-0.15, -0.1) is 0 Å². The first-order valence-corrected chi connectivity index (χ1v) is 9.23. The molecule has 2 heterocycles. The van der Waals surface area contributed by atoms with Gasteiger partial charge >= 0.3 is 0 Å². The molecule has 4 heteroatoms. The molecule has 128 valence electrons. The zero-order valence-electron chi connectivity index (χ0n) is 15.0. The molecule has 0 bridgehead atoms. The first-order valence-electron chi connectivity index (χ1n) is 9.23. The van der Waals surface area contributed by atoms with Crippen molar-refractivity contribution in [3.05, 3.63) is 0 Å². The maximum absolute atomic E-state index is 12.3. The van der Waals surface area contributed by atoms with Crippen LogP contribution in [0.4, 0.5) is 0 Å². The zero-order valence-corrected chi connectivity index (χ0v) is 15.0. The summed E-state index contributed by atoms with van der Waals surface area (Å²) < 4.78 is 0. The summed E-state index contributed by atoms with van der Waals surface area (Å²) in [6.07, 6.45) is 4.50. The maximum atomic E-state index is 12.3. The van der Waals surface area contributed by atoms with E-state index in [0.717, 1.165) is 32.5 Å². The van der Waals surface area contributed by atoms with E-state index in [9.17, 15) is 4.79 Å². The molecule has 1 N–H and O–H groups in total. The van der Waals surface area contributed by atoms with Gasteiger partial charge in [-0.3, -0.25) is 4.79 Å². The molecule has 0 saturated carbocycles. The predicted molar refractivity (Wildman–Crippen MR) is 91.9 cm³/mol. The second-order valence-corrected chi connectivity index (χ2v) is 7.72. The molecule has 0 aromatic rings. The van der Waals surface area contributed by atoms with Gasteiger partial charge in [-0.25, -0.2) is 0 Å². The second kappa shape index (κ2) is 8.30. The number of carbonyl (C=O) groups excluding carboxylic acids is 1. The van der Waals surface area contributed by atoms with Crippen molar-refractivity contribution in [3.63, 3.8) is 0 Å². The number of nitrogens with one attached hydrogen (secondary N) is 1. The van der Waals surface area contributed by atoms with E-state index in [-0.39, 0.29) is 5.92 Å². The van der Waals surface area contributed by atoms with Crippen molar-refractivity contribution in [2.24, 2.45) is 11.8 Å². The van der Waals surface area contributed by atoms with Crippen LogP contribution < -0.4 is 5.32 Å². The van der Waals surface area contributed by atoms with Gasteiger partial charge in [0, 0.05) is 24.5 Å². The number of likely N-dealkylation sites (tertiary alicyclic amines) is 2. The standard InChI is InChI=1S/C18H35N3O/c1-14(2)20-9-5-16(6-10-20)13-19-18(22)17-7-11-21(12-8-17)15(3)4/h14-17H,5-13H2,1-4H3,(H,19,22). The predicted octanol–water partition coefficient (Wildman–Crippen LogP) is 2.34. The monoisotopic (exact) mass is 309 g/mol. The number of amides is 1. The summed E-state index contributed by atoms with van der Waals surface area (Å²) in [5.74, 6) is 1.22. The van der Waals surface area contributed by atoms with Crippen LogP contribution >= 0.6 is 0 Å². The minimum atomic E-state index is 0.241. The van der Waals surface area contributed by atoms with Crippen molar-refractivity contribution >= 4 is 5.91 Å². The third-order valence-electron chi connectivity index (χ3n) is 5.58. The SMILES string of the molecule is CC(C)N1CCC(CNC(=O)C2CCN(C(C)C)CC2)CC1. The van der Waals surface area contributed by atoms with Gasteiger partial charge in [-0.1, -0.05) is 0 Å². The highest BCUT2D eigenvalue weighted by molar-refractivity contribution is 5.78. The molecule has 22 heavy (non-hydrogen) atoms. The van der Waals surface area contributed by atoms with E-state index in [4.69, 9.17) is 0 Å². The van der Waals surface area contributed by atoms with Gasteiger partial charge in [0.15, 0.2) is 0 Å².